The summed E-state index contributed by atoms with van der Waals surface area (Å²) in [6.07, 6.45) is 6.41. The van der Waals surface area contributed by atoms with E-state index in [1.165, 1.54) is 24.0 Å². The van der Waals surface area contributed by atoms with Gasteiger partial charge in [-0.15, -0.1) is 0 Å². The van der Waals surface area contributed by atoms with Crippen molar-refractivity contribution in [1.29, 1.82) is 0 Å². The van der Waals surface area contributed by atoms with Crippen LogP contribution in [0, 0.1) is 0 Å². The van der Waals surface area contributed by atoms with E-state index in [-0.39, 0.29) is 0 Å². The first kappa shape index (κ1) is 12.0. The van der Waals surface area contributed by atoms with Crippen LogP contribution < -0.4 is 5.43 Å². The molecule has 1 N–H and O–H groups in total. The minimum atomic E-state index is 0.441. The maximum absolute atomic E-state index is 5.23. The van der Waals surface area contributed by atoms with Gasteiger partial charge in [0.1, 0.15) is 17.6 Å². The number of fused-ring (bicyclic) bond motifs is 1. The Kier molecular flexibility index (Phi) is 2.96. The molecule has 0 bridgehead atoms. The standard InChI is InChI=1S/C16H19N3O/c1-2-6-13-10-14(9-12(13)5-1)16-15(11-20-18-16)17-19-7-3-4-8-19/h1-2,5-6,11,14,17H,3-4,7-10H2. The molecule has 0 radical (unpaired) electrons. The summed E-state index contributed by atoms with van der Waals surface area (Å²) in [5, 5.41) is 6.52. The smallest absolute Gasteiger partial charge is 0.148 e. The van der Waals surface area contributed by atoms with E-state index < -0.39 is 0 Å². The Morgan fingerprint density at radius 2 is 1.80 bits per heavy atom. The minimum absolute atomic E-state index is 0.441. The van der Waals surface area contributed by atoms with Crippen molar-refractivity contribution in [2.24, 2.45) is 0 Å². The van der Waals surface area contributed by atoms with Crippen LogP contribution in [-0.2, 0) is 12.8 Å². The van der Waals surface area contributed by atoms with Crippen LogP contribution in [0.3, 0.4) is 0 Å². The van der Waals surface area contributed by atoms with Gasteiger partial charge in [-0.05, 0) is 36.8 Å². The molecule has 4 nitrogen and oxygen atoms in total. The number of hydrogen-bond acceptors (Lipinski definition) is 4. The minimum Gasteiger partial charge on any atom is -0.362 e. The topological polar surface area (TPSA) is 41.3 Å². The highest BCUT2D eigenvalue weighted by Gasteiger charge is 2.28. The van der Waals surface area contributed by atoms with Gasteiger partial charge in [0.05, 0.1) is 0 Å². The van der Waals surface area contributed by atoms with Gasteiger partial charge in [0.15, 0.2) is 0 Å². The van der Waals surface area contributed by atoms with Crippen molar-refractivity contribution < 1.29 is 4.52 Å². The lowest BCUT2D eigenvalue weighted by Gasteiger charge is -2.18. The molecule has 0 spiro atoms. The summed E-state index contributed by atoms with van der Waals surface area (Å²) >= 11 is 0. The Bertz CT molecular complexity index is 576. The fraction of sp³-hybridized carbons (Fsp3) is 0.438. The molecule has 20 heavy (non-hydrogen) atoms. The van der Waals surface area contributed by atoms with Crippen molar-refractivity contribution in [2.45, 2.75) is 31.6 Å². The molecule has 0 saturated carbocycles. The van der Waals surface area contributed by atoms with Gasteiger partial charge in [-0.25, -0.2) is 5.01 Å². The van der Waals surface area contributed by atoms with Crippen molar-refractivity contribution in [3.05, 3.63) is 47.3 Å². The summed E-state index contributed by atoms with van der Waals surface area (Å²) in [4.78, 5) is 0. The van der Waals surface area contributed by atoms with Crippen LogP contribution in [0.1, 0.15) is 35.6 Å². The second kappa shape index (κ2) is 4.94. The molecule has 0 unspecified atom stereocenters. The quantitative estimate of drug-likeness (QED) is 0.930. The predicted octanol–water partition coefficient (Wildman–Crippen LogP) is 2.98. The molecular weight excluding hydrogens is 250 g/mol. The van der Waals surface area contributed by atoms with E-state index in [1.807, 2.05) is 0 Å². The number of aromatic nitrogens is 1. The summed E-state index contributed by atoms with van der Waals surface area (Å²) in [7, 11) is 0. The molecule has 1 fully saturated rings. The molecule has 2 heterocycles. The monoisotopic (exact) mass is 269 g/mol. The van der Waals surface area contributed by atoms with Gasteiger partial charge in [0.2, 0.25) is 0 Å². The van der Waals surface area contributed by atoms with Gasteiger partial charge in [0.25, 0.3) is 0 Å². The van der Waals surface area contributed by atoms with Crippen molar-refractivity contribution in [3.8, 4) is 0 Å². The number of rotatable bonds is 3. The van der Waals surface area contributed by atoms with E-state index in [2.05, 4.69) is 39.9 Å². The van der Waals surface area contributed by atoms with Crippen molar-refractivity contribution in [3.63, 3.8) is 0 Å². The van der Waals surface area contributed by atoms with Crippen LogP contribution in [0.15, 0.2) is 35.1 Å². The Morgan fingerprint density at radius 3 is 2.50 bits per heavy atom. The molecule has 1 aromatic heterocycles. The molecule has 0 atom stereocenters. The third-order valence-corrected chi connectivity index (χ3v) is 4.42. The highest BCUT2D eigenvalue weighted by Crippen LogP contribution is 2.36. The molecule has 104 valence electrons. The first-order valence-corrected chi connectivity index (χ1v) is 7.43. The summed E-state index contributed by atoms with van der Waals surface area (Å²) in [6.45, 7) is 2.21. The molecule has 0 amide bonds. The van der Waals surface area contributed by atoms with E-state index in [0.29, 0.717) is 5.92 Å². The highest BCUT2D eigenvalue weighted by atomic mass is 16.5. The zero-order valence-corrected chi connectivity index (χ0v) is 11.5. The number of nitrogens with one attached hydrogen (secondary N) is 1. The van der Waals surface area contributed by atoms with Crippen molar-refractivity contribution in [2.75, 3.05) is 18.5 Å². The Balaban J connectivity index is 1.54. The predicted molar refractivity (Wildman–Crippen MR) is 77.5 cm³/mol. The molecule has 1 saturated heterocycles. The van der Waals surface area contributed by atoms with E-state index in [4.69, 9.17) is 4.52 Å². The van der Waals surface area contributed by atoms with Crippen LogP contribution in [0.5, 0.6) is 0 Å². The largest absolute Gasteiger partial charge is 0.362 e. The van der Waals surface area contributed by atoms with Gasteiger partial charge in [0, 0.05) is 19.0 Å². The third kappa shape index (κ3) is 2.10. The van der Waals surface area contributed by atoms with Gasteiger partial charge in [-0.1, -0.05) is 29.4 Å². The third-order valence-electron chi connectivity index (χ3n) is 4.42. The lowest BCUT2D eigenvalue weighted by Crippen LogP contribution is -2.26. The van der Waals surface area contributed by atoms with Crippen LogP contribution in [0.2, 0.25) is 0 Å². The maximum atomic E-state index is 5.23. The molecule has 1 aromatic carbocycles. The fourth-order valence-corrected chi connectivity index (χ4v) is 3.37. The SMILES string of the molecule is c1ccc2c(c1)CC(c1nocc1NN1CCCC1)C2. The summed E-state index contributed by atoms with van der Waals surface area (Å²) in [6, 6.07) is 8.69. The molecule has 1 aliphatic heterocycles. The molecular formula is C16H19N3O. The summed E-state index contributed by atoms with van der Waals surface area (Å²) in [5.74, 6) is 0.441. The lowest BCUT2D eigenvalue weighted by molar-refractivity contribution is 0.402. The second-order valence-electron chi connectivity index (χ2n) is 5.79. The molecule has 2 aromatic rings. The number of nitrogens with zero attached hydrogens (tertiary/aromatic N) is 2. The van der Waals surface area contributed by atoms with Gasteiger partial charge in [-0.2, -0.15) is 0 Å². The average molecular weight is 269 g/mol. The molecule has 1 aliphatic carbocycles. The van der Waals surface area contributed by atoms with E-state index in [0.717, 1.165) is 37.3 Å². The zero-order valence-electron chi connectivity index (χ0n) is 11.5. The summed E-state index contributed by atoms with van der Waals surface area (Å²) < 4.78 is 5.23. The normalized spacial score (nSPS) is 19.4. The number of hydrazine groups is 1. The molecule has 4 rings (SSSR count). The van der Waals surface area contributed by atoms with Crippen LogP contribution in [0.25, 0.3) is 0 Å². The van der Waals surface area contributed by atoms with Crippen molar-refractivity contribution in [1.82, 2.24) is 10.2 Å². The van der Waals surface area contributed by atoms with E-state index in [1.54, 1.807) is 6.26 Å². The first-order valence-electron chi connectivity index (χ1n) is 7.43. The Labute approximate surface area is 118 Å². The Hall–Kier alpha value is -1.81. The van der Waals surface area contributed by atoms with E-state index in [9.17, 15) is 0 Å². The average Bonchev–Trinajstić information content (AvgIpc) is 3.18. The zero-order chi connectivity index (χ0) is 13.4. The lowest BCUT2D eigenvalue weighted by atomic mass is 10.0. The number of anilines is 1. The maximum Gasteiger partial charge on any atom is 0.148 e. The highest BCUT2D eigenvalue weighted by molar-refractivity contribution is 5.49. The van der Waals surface area contributed by atoms with Gasteiger partial charge < -0.3 is 9.95 Å². The molecule has 2 aliphatic rings. The van der Waals surface area contributed by atoms with Crippen LogP contribution >= 0.6 is 0 Å². The van der Waals surface area contributed by atoms with Crippen molar-refractivity contribution >= 4 is 5.69 Å². The number of benzene rings is 1. The van der Waals surface area contributed by atoms with Crippen LogP contribution in [-0.4, -0.2) is 23.3 Å². The van der Waals surface area contributed by atoms with Gasteiger partial charge in [-0.3, -0.25) is 0 Å². The second-order valence-corrected chi connectivity index (χ2v) is 5.79. The number of hydrogen-bond donors (Lipinski definition) is 1. The Morgan fingerprint density at radius 1 is 1.10 bits per heavy atom. The van der Waals surface area contributed by atoms with Crippen LogP contribution in [0.4, 0.5) is 5.69 Å². The van der Waals surface area contributed by atoms with E-state index >= 15 is 0 Å². The first-order chi connectivity index (χ1) is 9.90. The van der Waals surface area contributed by atoms with Gasteiger partial charge >= 0.3 is 0 Å². The summed E-state index contributed by atoms with van der Waals surface area (Å²) in [5.41, 5.74) is 8.50. The fourth-order valence-electron chi connectivity index (χ4n) is 3.37. The molecule has 4 heteroatoms.